The van der Waals surface area contributed by atoms with Crippen LogP contribution in [0.25, 0.3) is 0 Å². The van der Waals surface area contributed by atoms with Gasteiger partial charge in [-0.25, -0.2) is 0 Å². The molecule has 0 aromatic rings. The van der Waals surface area contributed by atoms with E-state index in [0.717, 1.165) is 0 Å². The summed E-state index contributed by atoms with van der Waals surface area (Å²) in [5.41, 5.74) is 0. The zero-order chi connectivity index (χ0) is 12.3. The molecule has 0 saturated carbocycles. The molecular formula is C10H19NO5. The summed E-state index contributed by atoms with van der Waals surface area (Å²) in [4.78, 5) is 11.0. The Labute approximate surface area is 94.5 Å². The monoisotopic (exact) mass is 233 g/mol. The Morgan fingerprint density at radius 2 is 2.19 bits per heavy atom. The van der Waals surface area contributed by atoms with Gasteiger partial charge in [-0.15, -0.1) is 0 Å². The third-order valence-electron chi connectivity index (χ3n) is 2.89. The number of rotatable bonds is 3. The van der Waals surface area contributed by atoms with Crippen LogP contribution < -0.4 is 5.32 Å². The van der Waals surface area contributed by atoms with Crippen molar-refractivity contribution in [2.24, 2.45) is 5.92 Å². The predicted octanol–water partition coefficient (Wildman–Crippen LogP) is -1.15. The number of carbonyl (C=O) groups is 1. The van der Waals surface area contributed by atoms with Crippen molar-refractivity contribution in [1.82, 2.24) is 5.32 Å². The number of carbonyl (C=O) groups excluding carboxylic acids is 1. The highest BCUT2D eigenvalue weighted by atomic mass is 16.6. The van der Waals surface area contributed by atoms with Crippen molar-refractivity contribution in [2.75, 3.05) is 13.7 Å². The van der Waals surface area contributed by atoms with Crippen LogP contribution in [0.5, 0.6) is 0 Å². The molecule has 6 heteroatoms. The molecule has 16 heavy (non-hydrogen) atoms. The maximum Gasteiger partial charge on any atom is 0.217 e. The maximum atomic E-state index is 11.0. The molecule has 0 aliphatic carbocycles. The first-order chi connectivity index (χ1) is 7.51. The van der Waals surface area contributed by atoms with Gasteiger partial charge in [0.25, 0.3) is 0 Å². The molecule has 1 heterocycles. The molecule has 6 nitrogen and oxygen atoms in total. The van der Waals surface area contributed by atoms with Crippen molar-refractivity contribution in [3.05, 3.63) is 0 Å². The summed E-state index contributed by atoms with van der Waals surface area (Å²) in [6, 6.07) is -0.523. The van der Waals surface area contributed by atoms with E-state index in [-0.39, 0.29) is 24.5 Å². The van der Waals surface area contributed by atoms with Gasteiger partial charge >= 0.3 is 0 Å². The van der Waals surface area contributed by atoms with Crippen LogP contribution in [0.4, 0.5) is 0 Å². The van der Waals surface area contributed by atoms with Crippen molar-refractivity contribution in [3.63, 3.8) is 0 Å². The van der Waals surface area contributed by atoms with Gasteiger partial charge in [-0.3, -0.25) is 4.79 Å². The molecule has 1 fully saturated rings. The van der Waals surface area contributed by atoms with Gasteiger partial charge in [-0.05, 0) is 0 Å². The molecule has 0 spiro atoms. The van der Waals surface area contributed by atoms with Crippen molar-refractivity contribution in [3.8, 4) is 0 Å². The van der Waals surface area contributed by atoms with E-state index in [1.54, 1.807) is 0 Å². The summed E-state index contributed by atoms with van der Waals surface area (Å²) in [6.45, 7) is 2.98. The van der Waals surface area contributed by atoms with Gasteiger partial charge in [-0.1, -0.05) is 6.92 Å². The summed E-state index contributed by atoms with van der Waals surface area (Å²) in [6.07, 6.45) is -2.05. The molecule has 1 saturated heterocycles. The number of amides is 1. The summed E-state index contributed by atoms with van der Waals surface area (Å²) in [5.74, 6) is -0.383. The van der Waals surface area contributed by atoms with E-state index in [1.165, 1.54) is 14.0 Å². The number of hydrogen-bond acceptors (Lipinski definition) is 5. The largest absolute Gasteiger partial charge is 0.394 e. The molecule has 0 aromatic carbocycles. The van der Waals surface area contributed by atoms with E-state index in [0.29, 0.717) is 0 Å². The standard InChI is InChI=1S/C10H19NO5/c1-5-8(11-6(2)13)10(14)16-7(4-12)9(5)15-3/h5,7-10,12,14H,4H2,1-3H3,(H,11,13). The van der Waals surface area contributed by atoms with Gasteiger partial charge in [-0.2, -0.15) is 0 Å². The van der Waals surface area contributed by atoms with Gasteiger partial charge < -0.3 is 25.0 Å². The van der Waals surface area contributed by atoms with Crippen LogP contribution in [0.15, 0.2) is 0 Å². The van der Waals surface area contributed by atoms with Gasteiger partial charge in [0.15, 0.2) is 6.29 Å². The number of nitrogens with one attached hydrogen (secondary N) is 1. The number of hydrogen-bond donors (Lipinski definition) is 3. The molecule has 3 N–H and O–H groups in total. The summed E-state index contributed by atoms with van der Waals surface area (Å²) < 4.78 is 10.4. The smallest absolute Gasteiger partial charge is 0.217 e. The first-order valence-corrected chi connectivity index (χ1v) is 5.25. The molecular weight excluding hydrogens is 214 g/mol. The van der Waals surface area contributed by atoms with Gasteiger partial charge in [0, 0.05) is 20.0 Å². The fourth-order valence-corrected chi connectivity index (χ4v) is 2.09. The molecule has 1 aliphatic heterocycles. The summed E-state index contributed by atoms with van der Waals surface area (Å²) >= 11 is 0. The van der Waals surface area contributed by atoms with E-state index in [4.69, 9.17) is 14.6 Å². The van der Waals surface area contributed by atoms with E-state index >= 15 is 0 Å². The van der Waals surface area contributed by atoms with Gasteiger partial charge in [0.2, 0.25) is 5.91 Å². The average Bonchev–Trinajstić information content (AvgIpc) is 2.23. The zero-order valence-electron chi connectivity index (χ0n) is 9.71. The second-order valence-corrected chi connectivity index (χ2v) is 4.03. The minimum absolute atomic E-state index is 0.144. The van der Waals surface area contributed by atoms with Gasteiger partial charge in [0.1, 0.15) is 6.10 Å². The number of aliphatic hydroxyl groups is 2. The molecule has 0 aromatic heterocycles. The predicted molar refractivity (Wildman–Crippen MR) is 55.5 cm³/mol. The highest BCUT2D eigenvalue weighted by molar-refractivity contribution is 5.73. The van der Waals surface area contributed by atoms with E-state index in [1.807, 2.05) is 6.92 Å². The average molecular weight is 233 g/mol. The van der Waals surface area contributed by atoms with Crippen molar-refractivity contribution < 1.29 is 24.5 Å². The third-order valence-corrected chi connectivity index (χ3v) is 2.89. The molecule has 0 radical (unpaired) electrons. The lowest BCUT2D eigenvalue weighted by atomic mass is 9.88. The SMILES string of the molecule is COC1C(CO)OC(O)C(NC(C)=O)C1C. The second kappa shape index (κ2) is 5.58. The summed E-state index contributed by atoms with van der Waals surface area (Å²) in [5, 5.41) is 21.4. The first-order valence-electron chi connectivity index (χ1n) is 5.25. The van der Waals surface area contributed by atoms with E-state index < -0.39 is 18.4 Å². The molecule has 1 amide bonds. The maximum absolute atomic E-state index is 11.0. The van der Waals surface area contributed by atoms with Crippen molar-refractivity contribution in [1.29, 1.82) is 0 Å². The third kappa shape index (κ3) is 2.70. The van der Waals surface area contributed by atoms with Gasteiger partial charge in [0.05, 0.1) is 18.8 Å². The van der Waals surface area contributed by atoms with Crippen LogP contribution in [-0.4, -0.2) is 54.4 Å². The molecule has 5 unspecified atom stereocenters. The Morgan fingerprint density at radius 3 is 2.62 bits per heavy atom. The molecule has 5 atom stereocenters. The quantitative estimate of drug-likeness (QED) is 0.573. The second-order valence-electron chi connectivity index (χ2n) is 4.03. The fourth-order valence-electron chi connectivity index (χ4n) is 2.09. The number of methoxy groups -OCH3 is 1. The van der Waals surface area contributed by atoms with Crippen LogP contribution in [0.1, 0.15) is 13.8 Å². The number of aliphatic hydroxyl groups excluding tert-OH is 2. The normalized spacial score (nSPS) is 39.4. The van der Waals surface area contributed by atoms with Crippen LogP contribution in [-0.2, 0) is 14.3 Å². The Morgan fingerprint density at radius 1 is 1.56 bits per heavy atom. The fraction of sp³-hybridized carbons (Fsp3) is 0.900. The highest BCUT2D eigenvalue weighted by Crippen LogP contribution is 2.26. The van der Waals surface area contributed by atoms with E-state index in [2.05, 4.69) is 5.32 Å². The minimum Gasteiger partial charge on any atom is -0.394 e. The van der Waals surface area contributed by atoms with Crippen LogP contribution in [0.3, 0.4) is 0 Å². The Kier molecular flexibility index (Phi) is 4.67. The Bertz CT molecular complexity index is 247. The zero-order valence-corrected chi connectivity index (χ0v) is 9.71. The lowest BCUT2D eigenvalue weighted by molar-refractivity contribution is -0.243. The lowest BCUT2D eigenvalue weighted by Gasteiger charge is -2.42. The van der Waals surface area contributed by atoms with E-state index in [9.17, 15) is 9.90 Å². The van der Waals surface area contributed by atoms with Crippen LogP contribution >= 0.6 is 0 Å². The first kappa shape index (κ1) is 13.4. The van der Waals surface area contributed by atoms with Crippen LogP contribution in [0, 0.1) is 5.92 Å². The highest BCUT2D eigenvalue weighted by Gasteiger charge is 2.43. The summed E-state index contributed by atoms with van der Waals surface area (Å²) in [7, 11) is 1.51. The molecule has 1 aliphatic rings. The Balaban J connectivity index is 2.76. The molecule has 0 bridgehead atoms. The van der Waals surface area contributed by atoms with Crippen molar-refractivity contribution in [2.45, 2.75) is 38.4 Å². The topological polar surface area (TPSA) is 88.0 Å². The Hall–Kier alpha value is -0.690. The van der Waals surface area contributed by atoms with Crippen LogP contribution in [0.2, 0.25) is 0 Å². The van der Waals surface area contributed by atoms with Crippen molar-refractivity contribution >= 4 is 5.91 Å². The molecule has 1 rings (SSSR count). The minimum atomic E-state index is -1.12. The lowest BCUT2D eigenvalue weighted by Crippen LogP contribution is -2.60. The number of ether oxygens (including phenoxy) is 2. The molecule has 94 valence electrons.